The summed E-state index contributed by atoms with van der Waals surface area (Å²) in [6.07, 6.45) is 8.43. The minimum absolute atomic E-state index is 0.133. The smallest absolute Gasteiger partial charge is 0.148 e. The number of fused-ring (bicyclic) bond motifs is 1. The standard InChI is InChI=1S/C26H30N2O2S/c1-19-26(31-18-27-19)17-28(22-10-6-3-7-11-22)30-23-13-15-25-21(16-23)12-14-24(29-25)20-8-4-2-5-9-20/h2,4-5,8-9,13,15-16,18,22,24H,3,6-7,10-12,14,17H2,1H3. The Labute approximate surface area is 188 Å². The van der Waals surface area contributed by atoms with E-state index in [9.17, 15) is 0 Å². The molecule has 1 fully saturated rings. The zero-order chi connectivity index (χ0) is 21.0. The quantitative estimate of drug-likeness (QED) is 0.407. The van der Waals surface area contributed by atoms with E-state index in [1.54, 1.807) is 11.3 Å². The van der Waals surface area contributed by atoms with Crippen molar-refractivity contribution in [3.05, 3.63) is 75.7 Å². The van der Waals surface area contributed by atoms with E-state index < -0.39 is 0 Å². The molecule has 1 aliphatic carbocycles. The molecule has 162 valence electrons. The van der Waals surface area contributed by atoms with Crippen LogP contribution >= 0.6 is 11.3 Å². The summed E-state index contributed by atoms with van der Waals surface area (Å²) in [5.41, 5.74) is 5.53. The number of ether oxygens (including phenoxy) is 1. The number of benzene rings is 2. The molecule has 2 heterocycles. The van der Waals surface area contributed by atoms with Crippen LogP contribution in [0.1, 0.15) is 66.3 Å². The monoisotopic (exact) mass is 434 g/mol. The Kier molecular flexibility index (Phi) is 6.23. The minimum atomic E-state index is 0.133. The number of aryl methyl sites for hydroxylation is 2. The number of hydrogen-bond acceptors (Lipinski definition) is 5. The van der Waals surface area contributed by atoms with Crippen LogP contribution in [0.25, 0.3) is 0 Å². The van der Waals surface area contributed by atoms with Gasteiger partial charge in [-0.15, -0.1) is 16.4 Å². The fourth-order valence-corrected chi connectivity index (χ4v) is 5.45. The maximum absolute atomic E-state index is 6.52. The van der Waals surface area contributed by atoms with Gasteiger partial charge in [0.05, 0.1) is 17.7 Å². The average Bonchev–Trinajstić information content (AvgIpc) is 3.23. The van der Waals surface area contributed by atoms with Crippen LogP contribution < -0.4 is 9.57 Å². The predicted molar refractivity (Wildman–Crippen MR) is 124 cm³/mol. The Balaban J connectivity index is 1.32. The molecule has 1 aromatic heterocycles. The Bertz CT molecular complexity index is 998. The molecule has 0 bridgehead atoms. The number of thiazole rings is 1. The molecule has 1 atom stereocenters. The highest BCUT2D eigenvalue weighted by atomic mass is 32.1. The van der Waals surface area contributed by atoms with Gasteiger partial charge >= 0.3 is 0 Å². The van der Waals surface area contributed by atoms with Gasteiger partial charge in [-0.25, -0.2) is 4.98 Å². The molecule has 0 saturated heterocycles. The molecule has 1 saturated carbocycles. The molecule has 3 aromatic rings. The summed E-state index contributed by atoms with van der Waals surface area (Å²) < 4.78 is 6.32. The van der Waals surface area contributed by atoms with E-state index >= 15 is 0 Å². The number of rotatable bonds is 6. The van der Waals surface area contributed by atoms with Crippen molar-refractivity contribution in [3.63, 3.8) is 0 Å². The number of aromatic nitrogens is 1. The summed E-state index contributed by atoms with van der Waals surface area (Å²) in [6, 6.07) is 17.3. The highest BCUT2D eigenvalue weighted by Crippen LogP contribution is 2.37. The first-order valence-electron chi connectivity index (χ1n) is 11.4. The van der Waals surface area contributed by atoms with E-state index in [-0.39, 0.29) is 6.10 Å². The highest BCUT2D eigenvalue weighted by Gasteiger charge is 2.26. The molecule has 4 nitrogen and oxygen atoms in total. The first kappa shape index (κ1) is 20.5. The van der Waals surface area contributed by atoms with Gasteiger partial charge in [0.1, 0.15) is 17.6 Å². The maximum atomic E-state index is 6.52. The molecule has 1 unspecified atom stereocenters. The Morgan fingerprint density at radius 1 is 1.06 bits per heavy atom. The lowest BCUT2D eigenvalue weighted by molar-refractivity contribution is -0.113. The fraction of sp³-hybridized carbons (Fsp3) is 0.423. The second kappa shape index (κ2) is 9.41. The number of hydroxylamine groups is 2. The van der Waals surface area contributed by atoms with Gasteiger partial charge in [-0.1, -0.05) is 49.6 Å². The summed E-state index contributed by atoms with van der Waals surface area (Å²) in [6.45, 7) is 2.88. The van der Waals surface area contributed by atoms with Crippen molar-refractivity contribution >= 4 is 11.3 Å². The first-order valence-corrected chi connectivity index (χ1v) is 12.3. The third-order valence-electron chi connectivity index (χ3n) is 6.50. The lowest BCUT2D eigenvalue weighted by Crippen LogP contribution is -2.38. The third-order valence-corrected chi connectivity index (χ3v) is 7.42. The molecule has 0 N–H and O–H groups in total. The topological polar surface area (TPSA) is 34.6 Å². The van der Waals surface area contributed by atoms with E-state index in [1.807, 2.05) is 5.51 Å². The van der Waals surface area contributed by atoms with Crippen molar-refractivity contribution in [1.29, 1.82) is 0 Å². The van der Waals surface area contributed by atoms with E-state index in [2.05, 4.69) is 65.5 Å². The SMILES string of the molecule is Cc1ncsc1CN(Oc1ccc2c(c1)CCC(c1ccccc1)O2)C1CCCCC1. The second-order valence-electron chi connectivity index (χ2n) is 8.64. The van der Waals surface area contributed by atoms with Crippen LogP contribution in [0.2, 0.25) is 0 Å². The first-order chi connectivity index (χ1) is 15.3. The van der Waals surface area contributed by atoms with Crippen LogP contribution in [0.15, 0.2) is 54.0 Å². The Morgan fingerprint density at radius 2 is 1.90 bits per heavy atom. The minimum Gasteiger partial charge on any atom is -0.485 e. The van der Waals surface area contributed by atoms with Gasteiger partial charge in [0, 0.05) is 10.9 Å². The van der Waals surface area contributed by atoms with Crippen molar-refractivity contribution < 1.29 is 9.57 Å². The Hall–Kier alpha value is -2.37. The second-order valence-corrected chi connectivity index (χ2v) is 9.58. The van der Waals surface area contributed by atoms with Crippen molar-refractivity contribution in [2.45, 2.75) is 70.6 Å². The molecule has 0 spiro atoms. The van der Waals surface area contributed by atoms with Crippen molar-refractivity contribution in [3.8, 4) is 11.5 Å². The molecule has 5 rings (SSSR count). The zero-order valence-electron chi connectivity index (χ0n) is 18.1. The highest BCUT2D eigenvalue weighted by molar-refractivity contribution is 7.09. The van der Waals surface area contributed by atoms with Gasteiger partial charge in [0.2, 0.25) is 0 Å². The summed E-state index contributed by atoms with van der Waals surface area (Å²) in [4.78, 5) is 12.2. The lowest BCUT2D eigenvalue weighted by atomic mass is 9.95. The molecule has 31 heavy (non-hydrogen) atoms. The van der Waals surface area contributed by atoms with Gasteiger partial charge in [-0.05, 0) is 61.9 Å². The van der Waals surface area contributed by atoms with Crippen LogP contribution in [0, 0.1) is 6.92 Å². The summed E-state index contributed by atoms with van der Waals surface area (Å²) in [5, 5.41) is 2.21. The molecule has 0 radical (unpaired) electrons. The van der Waals surface area contributed by atoms with Crippen LogP contribution in [0.3, 0.4) is 0 Å². The fourth-order valence-electron chi connectivity index (χ4n) is 4.68. The van der Waals surface area contributed by atoms with Crippen LogP contribution in [-0.4, -0.2) is 16.1 Å². The predicted octanol–water partition coefficient (Wildman–Crippen LogP) is 6.65. The summed E-state index contributed by atoms with van der Waals surface area (Å²) in [7, 11) is 0. The van der Waals surface area contributed by atoms with Gasteiger partial charge < -0.3 is 9.57 Å². The average molecular weight is 435 g/mol. The molecular weight excluding hydrogens is 404 g/mol. The number of nitrogens with zero attached hydrogens (tertiary/aromatic N) is 2. The third kappa shape index (κ3) is 4.78. The van der Waals surface area contributed by atoms with Crippen LogP contribution in [-0.2, 0) is 13.0 Å². The Morgan fingerprint density at radius 3 is 2.68 bits per heavy atom. The van der Waals surface area contributed by atoms with E-state index in [0.717, 1.165) is 36.6 Å². The van der Waals surface area contributed by atoms with Gasteiger partial charge in [-0.3, -0.25) is 0 Å². The van der Waals surface area contributed by atoms with Crippen molar-refractivity contribution in [2.75, 3.05) is 0 Å². The maximum Gasteiger partial charge on any atom is 0.148 e. The molecular formula is C26H30N2O2S. The van der Waals surface area contributed by atoms with E-state index in [0.29, 0.717) is 6.04 Å². The number of hydrogen-bond donors (Lipinski definition) is 0. The lowest BCUT2D eigenvalue weighted by Gasteiger charge is -2.33. The largest absolute Gasteiger partial charge is 0.485 e. The normalized spacial score (nSPS) is 19.1. The molecule has 0 amide bonds. The molecule has 2 aliphatic rings. The van der Waals surface area contributed by atoms with Crippen molar-refractivity contribution in [1.82, 2.24) is 10.0 Å². The van der Waals surface area contributed by atoms with E-state index in [4.69, 9.17) is 9.57 Å². The van der Waals surface area contributed by atoms with Crippen molar-refractivity contribution in [2.24, 2.45) is 0 Å². The summed E-state index contributed by atoms with van der Waals surface area (Å²) >= 11 is 1.72. The van der Waals surface area contributed by atoms with Gasteiger partial charge in [0.25, 0.3) is 0 Å². The molecule has 2 aromatic carbocycles. The van der Waals surface area contributed by atoms with Crippen LogP contribution in [0.5, 0.6) is 11.5 Å². The molecule has 5 heteroatoms. The molecule has 1 aliphatic heterocycles. The van der Waals surface area contributed by atoms with Crippen LogP contribution in [0.4, 0.5) is 0 Å². The van der Waals surface area contributed by atoms with Gasteiger partial charge in [-0.2, -0.15) is 0 Å². The van der Waals surface area contributed by atoms with Gasteiger partial charge in [0.15, 0.2) is 0 Å². The van der Waals surface area contributed by atoms with E-state index in [1.165, 1.54) is 48.1 Å². The summed E-state index contributed by atoms with van der Waals surface area (Å²) in [5.74, 6) is 1.89. The zero-order valence-corrected chi connectivity index (χ0v) is 18.9.